The Morgan fingerprint density at radius 1 is 1.21 bits per heavy atom. The molecule has 5 heteroatoms. The molecule has 4 aliphatic carbocycles. The molecule has 1 saturated carbocycles. The molecule has 1 aromatic carbocycles. The van der Waals surface area contributed by atoms with E-state index in [1.165, 1.54) is 11.1 Å². The first kappa shape index (κ1) is 22.5. The number of fused-ring (bicyclic) bond motifs is 5. The molecule has 4 nitrogen and oxygen atoms in total. The molecule has 0 radical (unpaired) electrons. The number of ether oxygens (including phenoxy) is 1. The highest BCUT2D eigenvalue weighted by molar-refractivity contribution is 14.1. The van der Waals surface area contributed by atoms with Gasteiger partial charge in [0.15, 0.2) is 18.2 Å². The van der Waals surface area contributed by atoms with Gasteiger partial charge < -0.3 is 4.74 Å². The van der Waals surface area contributed by atoms with Gasteiger partial charge in [-0.05, 0) is 97.4 Å². The van der Waals surface area contributed by atoms with Crippen LogP contribution in [0.1, 0.15) is 49.9 Å². The molecule has 1 aromatic rings. The van der Waals surface area contributed by atoms with Crippen LogP contribution >= 0.6 is 22.6 Å². The number of benzene rings is 1. The van der Waals surface area contributed by atoms with Gasteiger partial charge >= 0.3 is 5.97 Å². The number of allylic oxidation sites excluding steroid dienone is 7. The van der Waals surface area contributed by atoms with Gasteiger partial charge in [0.25, 0.3) is 0 Å². The molecule has 0 bridgehead atoms. The number of carbonyl (C=O) groups is 3. The normalized spacial score (nSPS) is 32.1. The molecule has 0 unspecified atom stereocenters. The van der Waals surface area contributed by atoms with Crippen LogP contribution in [0.2, 0.25) is 0 Å². The Kier molecular flexibility index (Phi) is 5.58. The van der Waals surface area contributed by atoms with Gasteiger partial charge in [-0.2, -0.15) is 0 Å². The number of ketones is 2. The van der Waals surface area contributed by atoms with Gasteiger partial charge in [0.05, 0.1) is 5.56 Å². The van der Waals surface area contributed by atoms with Crippen LogP contribution in [0.3, 0.4) is 0 Å². The predicted molar refractivity (Wildman–Crippen MR) is 135 cm³/mol. The first-order valence-electron chi connectivity index (χ1n) is 11.5. The van der Waals surface area contributed by atoms with E-state index in [0.29, 0.717) is 17.4 Å². The zero-order valence-corrected chi connectivity index (χ0v) is 21.1. The summed E-state index contributed by atoms with van der Waals surface area (Å²) < 4.78 is 6.34. The highest BCUT2D eigenvalue weighted by Gasteiger charge is 2.54. The molecular weight excluding hydrogens is 527 g/mol. The molecule has 170 valence electrons. The Bertz CT molecular complexity index is 1190. The fraction of sp³-hybridized carbons (Fsp3) is 0.393. The van der Waals surface area contributed by atoms with Crippen molar-refractivity contribution in [2.45, 2.75) is 39.5 Å². The Labute approximate surface area is 208 Å². The van der Waals surface area contributed by atoms with Crippen molar-refractivity contribution in [2.75, 3.05) is 6.61 Å². The van der Waals surface area contributed by atoms with E-state index in [0.717, 1.165) is 34.8 Å². The maximum atomic E-state index is 13.2. The number of esters is 1. The molecule has 0 N–H and O–H groups in total. The van der Waals surface area contributed by atoms with E-state index in [4.69, 9.17) is 4.74 Å². The van der Waals surface area contributed by atoms with E-state index in [2.05, 4.69) is 54.7 Å². The van der Waals surface area contributed by atoms with Gasteiger partial charge in [-0.3, -0.25) is 9.59 Å². The summed E-state index contributed by atoms with van der Waals surface area (Å²) in [5.41, 5.74) is 3.45. The van der Waals surface area contributed by atoms with E-state index >= 15 is 0 Å². The van der Waals surface area contributed by atoms with Gasteiger partial charge in [-0.15, -0.1) is 0 Å². The topological polar surface area (TPSA) is 60.4 Å². The first-order chi connectivity index (χ1) is 15.7. The van der Waals surface area contributed by atoms with Crippen LogP contribution in [0.5, 0.6) is 0 Å². The Hall–Kier alpha value is -2.28. The minimum atomic E-state index is -0.467. The van der Waals surface area contributed by atoms with Gasteiger partial charge in [-0.25, -0.2) is 4.79 Å². The van der Waals surface area contributed by atoms with E-state index in [1.54, 1.807) is 24.3 Å². The smallest absolute Gasteiger partial charge is 0.338 e. The third-order valence-corrected chi connectivity index (χ3v) is 8.90. The summed E-state index contributed by atoms with van der Waals surface area (Å²) >= 11 is 2.15. The second-order valence-corrected chi connectivity index (χ2v) is 11.2. The van der Waals surface area contributed by atoms with Crippen LogP contribution in [-0.2, 0) is 14.3 Å². The molecule has 4 atom stereocenters. The molecule has 1 fully saturated rings. The fourth-order valence-electron chi connectivity index (χ4n) is 6.44. The van der Waals surface area contributed by atoms with Gasteiger partial charge in [0, 0.05) is 20.0 Å². The highest BCUT2D eigenvalue weighted by Crippen LogP contribution is 2.62. The van der Waals surface area contributed by atoms with Crippen LogP contribution in [0.4, 0.5) is 0 Å². The average molecular weight is 554 g/mol. The average Bonchev–Trinajstić information content (AvgIpc) is 3.15. The van der Waals surface area contributed by atoms with Crippen molar-refractivity contribution in [2.24, 2.45) is 22.7 Å². The summed E-state index contributed by atoms with van der Waals surface area (Å²) in [6.45, 7) is 4.19. The summed E-state index contributed by atoms with van der Waals surface area (Å²) in [5, 5.41) is 0. The molecule has 0 spiro atoms. The third kappa shape index (κ3) is 3.69. The standard InChI is InChI=1S/C28H27IO4/c1-27-12-10-20(30)15-18(27)6-7-21-22-8-9-24(28(22,2)13-11-23(21)27)25(31)16-33-26(32)17-4-3-5-19(29)14-17/h3-5,9-12,14-15,21-22H,6-8,13,16H2,1-2H3/t21-,22-,27-,28-/m0/s1. The van der Waals surface area contributed by atoms with Crippen molar-refractivity contribution in [3.63, 3.8) is 0 Å². The van der Waals surface area contributed by atoms with E-state index < -0.39 is 5.97 Å². The number of halogens is 1. The SMILES string of the molecule is C[C@]12C=CC(=O)C=C1CC[C@@H]1C2=CC[C@]2(C)C(C(=O)COC(=O)c3cccc(I)c3)=CC[C@@H]12. The van der Waals surface area contributed by atoms with Crippen molar-refractivity contribution in [3.8, 4) is 0 Å². The summed E-state index contributed by atoms with van der Waals surface area (Å²) in [6, 6.07) is 7.17. The minimum absolute atomic E-state index is 0.0809. The number of hydrogen-bond donors (Lipinski definition) is 0. The second-order valence-electron chi connectivity index (χ2n) is 10.0. The minimum Gasteiger partial charge on any atom is -0.454 e. The number of rotatable bonds is 4. The van der Waals surface area contributed by atoms with Crippen LogP contribution in [0, 0.1) is 26.2 Å². The summed E-state index contributed by atoms with van der Waals surface area (Å²) in [6.07, 6.45) is 13.6. The van der Waals surface area contributed by atoms with E-state index in [1.807, 2.05) is 12.1 Å². The molecule has 0 saturated heterocycles. The molecule has 0 aliphatic heterocycles. The largest absolute Gasteiger partial charge is 0.454 e. The number of Topliss-reactive ketones (excluding diaryl/α,β-unsaturated/α-hetero) is 1. The van der Waals surface area contributed by atoms with Crippen molar-refractivity contribution in [3.05, 3.63) is 80.5 Å². The highest BCUT2D eigenvalue weighted by atomic mass is 127. The van der Waals surface area contributed by atoms with E-state index in [9.17, 15) is 14.4 Å². The molecule has 0 aromatic heterocycles. The van der Waals surface area contributed by atoms with Crippen LogP contribution < -0.4 is 0 Å². The zero-order chi connectivity index (χ0) is 23.4. The molecule has 0 heterocycles. The van der Waals surface area contributed by atoms with Crippen molar-refractivity contribution in [1.82, 2.24) is 0 Å². The zero-order valence-electron chi connectivity index (χ0n) is 18.9. The lowest BCUT2D eigenvalue weighted by atomic mass is 9.52. The summed E-state index contributed by atoms with van der Waals surface area (Å²) in [7, 11) is 0. The number of carbonyl (C=O) groups excluding carboxylic acids is 3. The Balaban J connectivity index is 1.33. The quantitative estimate of drug-likeness (QED) is 0.269. The molecule has 4 aliphatic rings. The molecular formula is C28H27IO4. The first-order valence-corrected chi connectivity index (χ1v) is 12.6. The van der Waals surface area contributed by atoms with Crippen molar-refractivity contribution >= 4 is 40.1 Å². The van der Waals surface area contributed by atoms with Gasteiger partial charge in [0.2, 0.25) is 0 Å². The molecule has 0 amide bonds. The Morgan fingerprint density at radius 3 is 2.82 bits per heavy atom. The van der Waals surface area contributed by atoms with Crippen LogP contribution in [0.15, 0.2) is 71.4 Å². The maximum absolute atomic E-state index is 13.2. The summed E-state index contributed by atoms with van der Waals surface area (Å²) in [5.74, 6) is 0.261. The van der Waals surface area contributed by atoms with Crippen molar-refractivity contribution in [1.29, 1.82) is 0 Å². The summed E-state index contributed by atoms with van der Waals surface area (Å²) in [4.78, 5) is 37.5. The second kappa shape index (κ2) is 8.19. The van der Waals surface area contributed by atoms with Gasteiger partial charge in [0.1, 0.15) is 0 Å². The molecule has 5 rings (SSSR count). The molecule has 33 heavy (non-hydrogen) atoms. The maximum Gasteiger partial charge on any atom is 0.338 e. The van der Waals surface area contributed by atoms with Crippen molar-refractivity contribution < 1.29 is 19.1 Å². The third-order valence-electron chi connectivity index (χ3n) is 8.22. The lowest BCUT2D eigenvalue weighted by Crippen LogP contribution is -2.43. The van der Waals surface area contributed by atoms with E-state index in [-0.39, 0.29) is 29.0 Å². The Morgan fingerprint density at radius 2 is 2.03 bits per heavy atom. The lowest BCUT2D eigenvalue weighted by Gasteiger charge is -2.51. The van der Waals surface area contributed by atoms with Crippen LogP contribution in [-0.4, -0.2) is 24.1 Å². The lowest BCUT2D eigenvalue weighted by molar-refractivity contribution is -0.120. The van der Waals surface area contributed by atoms with Crippen LogP contribution in [0.25, 0.3) is 0 Å². The number of hydrogen-bond acceptors (Lipinski definition) is 4. The van der Waals surface area contributed by atoms with Gasteiger partial charge in [-0.1, -0.05) is 42.4 Å². The fourth-order valence-corrected chi connectivity index (χ4v) is 6.98. The predicted octanol–water partition coefficient (Wildman–Crippen LogP) is 5.78. The monoisotopic (exact) mass is 554 g/mol.